The molecule has 70 valence electrons. The fourth-order valence-corrected chi connectivity index (χ4v) is 1.44. The van der Waals surface area contributed by atoms with Gasteiger partial charge in [0.1, 0.15) is 6.54 Å². The number of aliphatic carboxylic acids is 1. The standard InChI is InChI=1S/C8H9NO3S/c1-2-5-3-6(13)9(8(5)12)4-7(10)11/h2H,3-4H2,1H3,(H,10,11)/b5-2-. The lowest BCUT2D eigenvalue weighted by Crippen LogP contribution is -2.33. The zero-order chi connectivity index (χ0) is 10.0. The zero-order valence-corrected chi connectivity index (χ0v) is 7.93. The molecule has 1 saturated heterocycles. The number of carboxylic acid groups (broad SMARTS) is 1. The van der Waals surface area contributed by atoms with Gasteiger partial charge in [-0.1, -0.05) is 18.3 Å². The quantitative estimate of drug-likeness (QED) is 0.522. The van der Waals surface area contributed by atoms with E-state index in [4.69, 9.17) is 17.3 Å². The van der Waals surface area contributed by atoms with E-state index in [1.165, 1.54) is 0 Å². The van der Waals surface area contributed by atoms with E-state index in [0.29, 0.717) is 17.0 Å². The summed E-state index contributed by atoms with van der Waals surface area (Å²) in [5.41, 5.74) is 0.575. The van der Waals surface area contributed by atoms with E-state index in [0.717, 1.165) is 4.90 Å². The molecule has 1 aliphatic heterocycles. The highest BCUT2D eigenvalue weighted by Crippen LogP contribution is 2.19. The van der Waals surface area contributed by atoms with Gasteiger partial charge in [0.25, 0.3) is 5.91 Å². The van der Waals surface area contributed by atoms with Crippen molar-refractivity contribution in [3.8, 4) is 0 Å². The van der Waals surface area contributed by atoms with Gasteiger partial charge in [-0.25, -0.2) is 0 Å². The average molecular weight is 199 g/mol. The Kier molecular flexibility index (Phi) is 2.77. The average Bonchev–Trinajstić information content (AvgIpc) is 2.31. The van der Waals surface area contributed by atoms with Crippen LogP contribution in [0.3, 0.4) is 0 Å². The Bertz CT molecular complexity index is 309. The van der Waals surface area contributed by atoms with Gasteiger partial charge in [0.2, 0.25) is 0 Å². The van der Waals surface area contributed by atoms with Gasteiger partial charge in [0.05, 0.1) is 4.99 Å². The molecule has 0 saturated carbocycles. The van der Waals surface area contributed by atoms with Crippen LogP contribution >= 0.6 is 12.2 Å². The third-order valence-electron chi connectivity index (χ3n) is 1.80. The molecular formula is C8H9NO3S. The normalized spacial score (nSPS) is 20.1. The van der Waals surface area contributed by atoms with Gasteiger partial charge in [-0.2, -0.15) is 0 Å². The minimum Gasteiger partial charge on any atom is -0.480 e. The number of carbonyl (C=O) groups excluding carboxylic acids is 1. The Morgan fingerprint density at radius 1 is 1.77 bits per heavy atom. The number of hydrogen-bond donors (Lipinski definition) is 1. The molecule has 5 heteroatoms. The van der Waals surface area contributed by atoms with E-state index in [-0.39, 0.29) is 12.5 Å². The summed E-state index contributed by atoms with van der Waals surface area (Å²) in [6.07, 6.45) is 2.05. The van der Waals surface area contributed by atoms with Crippen LogP contribution in [0.1, 0.15) is 13.3 Å². The first kappa shape index (κ1) is 9.85. The topological polar surface area (TPSA) is 57.6 Å². The van der Waals surface area contributed by atoms with Crippen LogP contribution in [-0.2, 0) is 9.59 Å². The molecule has 1 N–H and O–H groups in total. The van der Waals surface area contributed by atoms with Crippen molar-refractivity contribution < 1.29 is 14.7 Å². The van der Waals surface area contributed by atoms with E-state index in [2.05, 4.69) is 0 Å². The lowest BCUT2D eigenvalue weighted by molar-refractivity contribution is -0.140. The van der Waals surface area contributed by atoms with Crippen LogP contribution in [-0.4, -0.2) is 33.4 Å². The maximum absolute atomic E-state index is 11.4. The molecule has 1 amide bonds. The lowest BCUT2D eigenvalue weighted by Gasteiger charge is -2.11. The summed E-state index contributed by atoms with van der Waals surface area (Å²) >= 11 is 4.88. The van der Waals surface area contributed by atoms with Crippen LogP contribution in [0.5, 0.6) is 0 Å². The van der Waals surface area contributed by atoms with Crippen LogP contribution in [0.15, 0.2) is 11.6 Å². The molecule has 0 radical (unpaired) electrons. The second-order valence-corrected chi connectivity index (χ2v) is 3.14. The van der Waals surface area contributed by atoms with E-state index in [1.807, 2.05) is 0 Å². The maximum atomic E-state index is 11.4. The molecule has 0 bridgehead atoms. The minimum atomic E-state index is -1.05. The highest BCUT2D eigenvalue weighted by atomic mass is 32.1. The second kappa shape index (κ2) is 3.66. The number of thiocarbonyl (C=S) groups is 1. The monoisotopic (exact) mass is 199 g/mol. The van der Waals surface area contributed by atoms with Crippen molar-refractivity contribution in [2.45, 2.75) is 13.3 Å². The van der Waals surface area contributed by atoms with Gasteiger partial charge in [-0.05, 0) is 6.92 Å². The summed E-state index contributed by atoms with van der Waals surface area (Å²) in [4.78, 5) is 23.3. The highest BCUT2D eigenvalue weighted by molar-refractivity contribution is 7.80. The molecule has 0 aromatic heterocycles. The van der Waals surface area contributed by atoms with Crippen LogP contribution in [0.2, 0.25) is 0 Å². The van der Waals surface area contributed by atoms with Gasteiger partial charge in [-0.15, -0.1) is 0 Å². The maximum Gasteiger partial charge on any atom is 0.323 e. The minimum absolute atomic E-state index is 0.282. The van der Waals surface area contributed by atoms with Crippen molar-refractivity contribution in [2.75, 3.05) is 6.54 Å². The Morgan fingerprint density at radius 2 is 2.38 bits per heavy atom. The first-order valence-electron chi connectivity index (χ1n) is 3.78. The van der Waals surface area contributed by atoms with Crippen molar-refractivity contribution >= 4 is 29.1 Å². The van der Waals surface area contributed by atoms with Crippen LogP contribution in [0.4, 0.5) is 0 Å². The van der Waals surface area contributed by atoms with Crippen molar-refractivity contribution in [1.82, 2.24) is 4.90 Å². The first-order chi connectivity index (χ1) is 6.06. The Morgan fingerprint density at radius 3 is 2.77 bits per heavy atom. The Balaban J connectivity index is 2.82. The van der Waals surface area contributed by atoms with Crippen LogP contribution in [0, 0.1) is 0 Å². The molecule has 0 atom stereocenters. The summed E-state index contributed by atoms with van der Waals surface area (Å²) in [5, 5.41) is 8.50. The van der Waals surface area contributed by atoms with E-state index < -0.39 is 5.97 Å². The van der Waals surface area contributed by atoms with Crippen molar-refractivity contribution in [2.24, 2.45) is 0 Å². The van der Waals surface area contributed by atoms with E-state index in [1.54, 1.807) is 13.0 Å². The van der Waals surface area contributed by atoms with Gasteiger partial charge in [0.15, 0.2) is 0 Å². The highest BCUT2D eigenvalue weighted by Gasteiger charge is 2.31. The zero-order valence-electron chi connectivity index (χ0n) is 7.11. The number of carbonyl (C=O) groups is 2. The largest absolute Gasteiger partial charge is 0.480 e. The van der Waals surface area contributed by atoms with Crippen molar-refractivity contribution in [3.63, 3.8) is 0 Å². The van der Waals surface area contributed by atoms with Crippen LogP contribution < -0.4 is 0 Å². The van der Waals surface area contributed by atoms with Gasteiger partial charge in [-0.3, -0.25) is 14.5 Å². The molecule has 0 aromatic rings. The first-order valence-corrected chi connectivity index (χ1v) is 4.18. The summed E-state index contributed by atoms with van der Waals surface area (Å²) in [5.74, 6) is -1.33. The molecule has 4 nitrogen and oxygen atoms in total. The molecule has 1 heterocycles. The SMILES string of the molecule is C/C=C1/CC(=S)N(CC(=O)O)C1=O. The summed E-state index contributed by atoms with van der Waals surface area (Å²) < 4.78 is 0. The molecule has 0 unspecified atom stereocenters. The van der Waals surface area contributed by atoms with Crippen LogP contribution in [0.25, 0.3) is 0 Å². The van der Waals surface area contributed by atoms with E-state index in [9.17, 15) is 9.59 Å². The number of rotatable bonds is 2. The van der Waals surface area contributed by atoms with E-state index >= 15 is 0 Å². The van der Waals surface area contributed by atoms with Crippen molar-refractivity contribution in [1.29, 1.82) is 0 Å². The molecule has 0 spiro atoms. The molecule has 13 heavy (non-hydrogen) atoms. The van der Waals surface area contributed by atoms with Gasteiger partial charge < -0.3 is 5.11 Å². The van der Waals surface area contributed by atoms with Gasteiger partial charge >= 0.3 is 5.97 Å². The number of allylic oxidation sites excluding steroid dienone is 1. The molecule has 1 rings (SSSR count). The smallest absolute Gasteiger partial charge is 0.323 e. The summed E-state index contributed by atoms with van der Waals surface area (Å²) in [6.45, 7) is 1.40. The third-order valence-corrected chi connectivity index (χ3v) is 2.17. The lowest BCUT2D eigenvalue weighted by atomic mass is 10.2. The van der Waals surface area contributed by atoms with Crippen molar-refractivity contribution in [3.05, 3.63) is 11.6 Å². The fraction of sp³-hybridized carbons (Fsp3) is 0.375. The Labute approximate surface area is 80.8 Å². The predicted octanol–water partition coefficient (Wildman–Crippen LogP) is 0.577. The molecular weight excluding hydrogens is 190 g/mol. The number of carboxylic acids is 1. The fourth-order valence-electron chi connectivity index (χ4n) is 1.14. The number of hydrogen-bond acceptors (Lipinski definition) is 3. The molecule has 0 aliphatic carbocycles. The third kappa shape index (κ3) is 1.92. The van der Waals surface area contributed by atoms with Gasteiger partial charge in [0, 0.05) is 12.0 Å². The second-order valence-electron chi connectivity index (χ2n) is 2.67. The summed E-state index contributed by atoms with van der Waals surface area (Å²) in [7, 11) is 0. The molecule has 1 fully saturated rings. The summed E-state index contributed by atoms with van der Waals surface area (Å²) in [6, 6.07) is 0. The number of amides is 1. The number of nitrogens with zero attached hydrogens (tertiary/aromatic N) is 1. The molecule has 0 aromatic carbocycles. The molecule has 1 aliphatic rings. The number of likely N-dealkylation sites (tertiary alicyclic amines) is 1. The Hall–Kier alpha value is -1.23. The predicted molar refractivity (Wildman–Crippen MR) is 50.3 cm³/mol.